The molecule has 0 atom stereocenters. The first-order chi connectivity index (χ1) is 12.9. The number of fused-ring (bicyclic) bond motifs is 1. The van der Waals surface area contributed by atoms with Crippen molar-refractivity contribution in [3.63, 3.8) is 0 Å². The van der Waals surface area contributed by atoms with Crippen LogP contribution in [0, 0.1) is 0 Å². The van der Waals surface area contributed by atoms with Crippen LogP contribution < -0.4 is 10.1 Å². The maximum Gasteiger partial charge on any atom is 0.416 e. The molecule has 2 aromatic carbocycles. The van der Waals surface area contributed by atoms with Crippen molar-refractivity contribution >= 4 is 16.8 Å². The van der Waals surface area contributed by atoms with Crippen LogP contribution in [0.2, 0.25) is 0 Å². The average molecular weight is 374 g/mol. The Kier molecular flexibility index (Phi) is 5.59. The molecule has 0 radical (unpaired) electrons. The molecule has 3 rings (SSSR count). The number of para-hydroxylation sites is 1. The Morgan fingerprint density at radius 1 is 1.04 bits per heavy atom. The van der Waals surface area contributed by atoms with Gasteiger partial charge in [-0.25, -0.2) is 0 Å². The van der Waals surface area contributed by atoms with Crippen molar-refractivity contribution < 1.29 is 22.7 Å². The molecule has 27 heavy (non-hydrogen) atoms. The molecular weight excluding hydrogens is 357 g/mol. The number of ether oxygens (including phenoxy) is 1. The number of pyridine rings is 1. The van der Waals surface area contributed by atoms with E-state index in [4.69, 9.17) is 4.74 Å². The minimum absolute atomic E-state index is 0.183. The van der Waals surface area contributed by atoms with Crippen LogP contribution in [-0.2, 0) is 6.18 Å². The second-order valence-electron chi connectivity index (χ2n) is 5.86. The van der Waals surface area contributed by atoms with Crippen LogP contribution in [0.1, 0.15) is 22.3 Å². The zero-order valence-corrected chi connectivity index (χ0v) is 14.3. The summed E-state index contributed by atoms with van der Waals surface area (Å²) < 4.78 is 43.3. The van der Waals surface area contributed by atoms with Crippen LogP contribution in [0.4, 0.5) is 13.2 Å². The number of hydrogen-bond acceptors (Lipinski definition) is 3. The Hall–Kier alpha value is -3.09. The molecule has 0 unspecified atom stereocenters. The lowest BCUT2D eigenvalue weighted by molar-refractivity contribution is -0.137. The molecule has 140 valence electrons. The quantitative estimate of drug-likeness (QED) is 0.649. The molecule has 0 fully saturated rings. The first-order valence-electron chi connectivity index (χ1n) is 8.37. The highest BCUT2D eigenvalue weighted by atomic mass is 19.4. The monoisotopic (exact) mass is 374 g/mol. The Balaban J connectivity index is 1.46. The van der Waals surface area contributed by atoms with Gasteiger partial charge in [-0.3, -0.25) is 9.78 Å². The highest BCUT2D eigenvalue weighted by Crippen LogP contribution is 2.29. The number of nitrogens with one attached hydrogen (secondary N) is 1. The number of aromatic nitrogens is 1. The number of benzene rings is 2. The Bertz CT molecular complexity index is 919. The maximum absolute atomic E-state index is 12.5. The molecule has 7 heteroatoms. The Labute approximate surface area is 154 Å². The van der Waals surface area contributed by atoms with Crippen LogP contribution in [0.3, 0.4) is 0 Å². The number of hydrogen-bond donors (Lipinski definition) is 1. The fourth-order valence-electron chi connectivity index (χ4n) is 2.56. The first kappa shape index (κ1) is 18.7. The van der Waals surface area contributed by atoms with Crippen LogP contribution in [0.15, 0.2) is 60.8 Å². The van der Waals surface area contributed by atoms with Gasteiger partial charge in [-0.15, -0.1) is 0 Å². The normalized spacial score (nSPS) is 11.4. The number of carbonyl (C=O) groups is 1. The molecule has 0 bridgehead atoms. The third-order valence-electron chi connectivity index (χ3n) is 3.93. The highest BCUT2D eigenvalue weighted by molar-refractivity contribution is 5.94. The van der Waals surface area contributed by atoms with Gasteiger partial charge >= 0.3 is 6.18 Å². The van der Waals surface area contributed by atoms with Crippen LogP contribution in [-0.4, -0.2) is 24.0 Å². The summed E-state index contributed by atoms with van der Waals surface area (Å²) >= 11 is 0. The van der Waals surface area contributed by atoms with Gasteiger partial charge in [0.2, 0.25) is 0 Å². The summed E-state index contributed by atoms with van der Waals surface area (Å²) in [7, 11) is 0. The van der Waals surface area contributed by atoms with E-state index >= 15 is 0 Å². The van der Waals surface area contributed by atoms with Gasteiger partial charge in [0.05, 0.1) is 12.2 Å². The second kappa shape index (κ2) is 8.07. The van der Waals surface area contributed by atoms with Crippen molar-refractivity contribution in [2.24, 2.45) is 0 Å². The molecule has 0 spiro atoms. The van der Waals surface area contributed by atoms with Crippen molar-refractivity contribution in [2.45, 2.75) is 12.6 Å². The van der Waals surface area contributed by atoms with E-state index in [0.29, 0.717) is 25.3 Å². The molecule has 3 aromatic rings. The lowest BCUT2D eigenvalue weighted by Gasteiger charge is -2.10. The number of carbonyl (C=O) groups excluding carboxylic acids is 1. The van der Waals surface area contributed by atoms with E-state index in [0.717, 1.165) is 35.2 Å². The number of amides is 1. The van der Waals surface area contributed by atoms with Gasteiger partial charge in [0, 0.05) is 23.7 Å². The first-order valence-corrected chi connectivity index (χ1v) is 8.37. The van der Waals surface area contributed by atoms with Gasteiger partial charge in [0.15, 0.2) is 0 Å². The summed E-state index contributed by atoms with van der Waals surface area (Å²) in [6.07, 6.45) is -2.17. The number of rotatable bonds is 6. The molecule has 1 aromatic heterocycles. The third-order valence-corrected chi connectivity index (χ3v) is 3.93. The molecule has 0 aliphatic carbocycles. The van der Waals surface area contributed by atoms with Gasteiger partial charge in [-0.2, -0.15) is 13.2 Å². The number of halogens is 3. The van der Waals surface area contributed by atoms with Crippen molar-refractivity contribution in [3.05, 3.63) is 71.9 Å². The molecule has 1 N–H and O–H groups in total. The number of alkyl halides is 3. The van der Waals surface area contributed by atoms with E-state index in [9.17, 15) is 18.0 Å². The molecule has 0 saturated heterocycles. The Morgan fingerprint density at radius 2 is 1.78 bits per heavy atom. The van der Waals surface area contributed by atoms with Crippen LogP contribution >= 0.6 is 0 Å². The minimum Gasteiger partial charge on any atom is -0.491 e. The topological polar surface area (TPSA) is 51.2 Å². The van der Waals surface area contributed by atoms with E-state index in [1.54, 1.807) is 6.20 Å². The zero-order chi connectivity index (χ0) is 19.3. The SMILES string of the molecule is O=C(NCCCOc1cccc2cccnc12)c1ccc(C(F)(F)F)cc1. The average Bonchev–Trinajstić information content (AvgIpc) is 2.67. The zero-order valence-electron chi connectivity index (χ0n) is 14.3. The Morgan fingerprint density at radius 3 is 2.52 bits per heavy atom. The predicted octanol–water partition coefficient (Wildman–Crippen LogP) is 4.45. The van der Waals surface area contributed by atoms with Gasteiger partial charge in [0.25, 0.3) is 5.91 Å². The third kappa shape index (κ3) is 4.75. The molecule has 1 heterocycles. The molecular formula is C20H17F3N2O2. The molecule has 1 amide bonds. The predicted molar refractivity (Wildman–Crippen MR) is 95.6 cm³/mol. The summed E-state index contributed by atoms with van der Waals surface area (Å²) in [6.45, 7) is 0.723. The largest absolute Gasteiger partial charge is 0.491 e. The van der Waals surface area contributed by atoms with Crippen molar-refractivity contribution in [3.8, 4) is 5.75 Å². The fourth-order valence-corrected chi connectivity index (χ4v) is 2.56. The lowest BCUT2D eigenvalue weighted by atomic mass is 10.1. The van der Waals surface area contributed by atoms with E-state index in [1.807, 2.05) is 30.3 Å². The van der Waals surface area contributed by atoms with Crippen LogP contribution in [0.5, 0.6) is 5.75 Å². The van der Waals surface area contributed by atoms with Gasteiger partial charge in [-0.1, -0.05) is 18.2 Å². The second-order valence-corrected chi connectivity index (χ2v) is 5.86. The summed E-state index contributed by atoms with van der Waals surface area (Å²) in [5.74, 6) is 0.248. The van der Waals surface area contributed by atoms with Gasteiger partial charge in [0.1, 0.15) is 11.3 Å². The van der Waals surface area contributed by atoms with Crippen LogP contribution in [0.25, 0.3) is 10.9 Å². The maximum atomic E-state index is 12.5. The molecule has 0 aliphatic rings. The summed E-state index contributed by atoms with van der Waals surface area (Å²) in [4.78, 5) is 16.3. The minimum atomic E-state index is -4.41. The summed E-state index contributed by atoms with van der Waals surface area (Å²) in [6, 6.07) is 13.6. The van der Waals surface area contributed by atoms with Gasteiger partial charge < -0.3 is 10.1 Å². The van der Waals surface area contributed by atoms with Gasteiger partial charge in [-0.05, 0) is 42.8 Å². The van der Waals surface area contributed by atoms with E-state index in [1.165, 1.54) is 0 Å². The molecule has 4 nitrogen and oxygen atoms in total. The fraction of sp³-hybridized carbons (Fsp3) is 0.200. The van der Waals surface area contributed by atoms with E-state index in [2.05, 4.69) is 10.3 Å². The van der Waals surface area contributed by atoms with E-state index in [-0.39, 0.29) is 5.56 Å². The standard InChI is InChI=1S/C20H17F3N2O2/c21-20(22,23)16-9-7-15(8-10-16)19(26)25-12-3-13-27-17-6-1-4-14-5-2-11-24-18(14)17/h1-2,4-11H,3,12-13H2,(H,25,26). The highest BCUT2D eigenvalue weighted by Gasteiger charge is 2.30. The summed E-state index contributed by atoms with van der Waals surface area (Å²) in [5.41, 5.74) is 0.173. The van der Waals surface area contributed by atoms with Crippen molar-refractivity contribution in [1.82, 2.24) is 10.3 Å². The van der Waals surface area contributed by atoms with E-state index < -0.39 is 17.6 Å². The van der Waals surface area contributed by atoms with Crippen molar-refractivity contribution in [2.75, 3.05) is 13.2 Å². The summed E-state index contributed by atoms with van der Waals surface area (Å²) in [5, 5.41) is 3.64. The van der Waals surface area contributed by atoms with Crippen molar-refractivity contribution in [1.29, 1.82) is 0 Å². The number of nitrogens with zero attached hydrogens (tertiary/aromatic N) is 1. The lowest BCUT2D eigenvalue weighted by Crippen LogP contribution is -2.25. The molecule has 0 saturated carbocycles. The smallest absolute Gasteiger partial charge is 0.416 e. The molecule has 0 aliphatic heterocycles.